The fourth-order valence-corrected chi connectivity index (χ4v) is 2.20. The third-order valence-electron chi connectivity index (χ3n) is 3.28. The van der Waals surface area contributed by atoms with Crippen LogP contribution >= 0.6 is 0 Å². The quantitative estimate of drug-likeness (QED) is 0.611. The van der Waals surface area contributed by atoms with Gasteiger partial charge in [-0.2, -0.15) is 0 Å². The van der Waals surface area contributed by atoms with Crippen molar-refractivity contribution in [2.75, 3.05) is 0 Å². The standard InChI is InChI=1S/C13H19N3/c1-10-7-8-15-9-12(10)16-13(14)11-5-3-2-4-6-11/h7-9,11H,2-6H2,1H3,(H2,14,16). The summed E-state index contributed by atoms with van der Waals surface area (Å²) in [6.45, 7) is 2.04. The smallest absolute Gasteiger partial charge is 0.103 e. The molecule has 2 N–H and O–H groups in total. The zero-order chi connectivity index (χ0) is 11.4. The van der Waals surface area contributed by atoms with Gasteiger partial charge in [-0.1, -0.05) is 19.3 Å². The molecule has 16 heavy (non-hydrogen) atoms. The van der Waals surface area contributed by atoms with Gasteiger partial charge in [0, 0.05) is 12.1 Å². The molecule has 0 aromatic carbocycles. The van der Waals surface area contributed by atoms with Crippen molar-refractivity contribution in [2.24, 2.45) is 16.6 Å². The van der Waals surface area contributed by atoms with Gasteiger partial charge in [0.05, 0.1) is 11.9 Å². The maximum atomic E-state index is 6.07. The van der Waals surface area contributed by atoms with Crippen LogP contribution in [0.15, 0.2) is 23.5 Å². The van der Waals surface area contributed by atoms with Crippen LogP contribution in [-0.4, -0.2) is 10.8 Å². The Labute approximate surface area is 96.8 Å². The second kappa shape index (κ2) is 5.10. The molecule has 3 nitrogen and oxygen atoms in total. The van der Waals surface area contributed by atoms with Crippen molar-refractivity contribution in [3.8, 4) is 0 Å². The van der Waals surface area contributed by atoms with Gasteiger partial charge in [0.15, 0.2) is 0 Å². The van der Waals surface area contributed by atoms with Gasteiger partial charge in [0.25, 0.3) is 0 Å². The number of aryl methyl sites for hydroxylation is 1. The Bertz CT molecular complexity index is 379. The van der Waals surface area contributed by atoms with E-state index in [1.54, 1.807) is 12.4 Å². The second-order valence-corrected chi connectivity index (χ2v) is 4.53. The summed E-state index contributed by atoms with van der Waals surface area (Å²) in [4.78, 5) is 8.60. The highest BCUT2D eigenvalue weighted by Gasteiger charge is 2.17. The summed E-state index contributed by atoms with van der Waals surface area (Å²) in [5.74, 6) is 1.27. The lowest BCUT2D eigenvalue weighted by molar-refractivity contribution is 0.437. The van der Waals surface area contributed by atoms with Crippen LogP contribution in [0.3, 0.4) is 0 Å². The van der Waals surface area contributed by atoms with Gasteiger partial charge in [-0.25, -0.2) is 4.99 Å². The first-order valence-electron chi connectivity index (χ1n) is 6.02. The highest BCUT2D eigenvalue weighted by molar-refractivity contribution is 5.85. The average molecular weight is 217 g/mol. The van der Waals surface area contributed by atoms with Crippen molar-refractivity contribution in [3.05, 3.63) is 24.0 Å². The Morgan fingerprint density at radius 3 is 2.81 bits per heavy atom. The predicted molar refractivity (Wildman–Crippen MR) is 66.8 cm³/mol. The molecule has 1 heterocycles. The van der Waals surface area contributed by atoms with Crippen LogP contribution in [0.1, 0.15) is 37.7 Å². The minimum absolute atomic E-state index is 0.480. The number of nitrogens with two attached hydrogens (primary N) is 1. The molecule has 0 spiro atoms. The third kappa shape index (κ3) is 2.60. The van der Waals surface area contributed by atoms with Crippen molar-refractivity contribution < 1.29 is 0 Å². The van der Waals surface area contributed by atoms with E-state index in [4.69, 9.17) is 5.73 Å². The summed E-state index contributed by atoms with van der Waals surface area (Å²) in [6, 6.07) is 1.97. The maximum Gasteiger partial charge on any atom is 0.103 e. The van der Waals surface area contributed by atoms with E-state index >= 15 is 0 Å². The Morgan fingerprint density at radius 2 is 2.12 bits per heavy atom. The van der Waals surface area contributed by atoms with Gasteiger partial charge < -0.3 is 5.73 Å². The first-order chi connectivity index (χ1) is 7.77. The van der Waals surface area contributed by atoms with Crippen LogP contribution in [0.5, 0.6) is 0 Å². The number of aliphatic imine (C=N–C) groups is 1. The number of pyridine rings is 1. The van der Waals surface area contributed by atoms with Crippen LogP contribution < -0.4 is 5.73 Å². The molecule has 0 radical (unpaired) electrons. The van der Waals surface area contributed by atoms with E-state index in [2.05, 4.69) is 9.98 Å². The van der Waals surface area contributed by atoms with Gasteiger partial charge in [0.1, 0.15) is 5.84 Å². The van der Waals surface area contributed by atoms with Gasteiger partial charge in [-0.05, 0) is 31.4 Å². The number of aromatic nitrogens is 1. The number of hydrogen-bond donors (Lipinski definition) is 1. The molecular weight excluding hydrogens is 198 g/mol. The Morgan fingerprint density at radius 1 is 1.38 bits per heavy atom. The van der Waals surface area contributed by atoms with E-state index in [-0.39, 0.29) is 0 Å². The summed E-state index contributed by atoms with van der Waals surface area (Å²) in [6.07, 6.45) is 9.86. The largest absolute Gasteiger partial charge is 0.387 e. The minimum Gasteiger partial charge on any atom is -0.387 e. The van der Waals surface area contributed by atoms with E-state index in [0.29, 0.717) is 5.92 Å². The van der Waals surface area contributed by atoms with E-state index in [1.165, 1.54) is 32.1 Å². The summed E-state index contributed by atoms with van der Waals surface area (Å²) in [5, 5.41) is 0. The summed E-state index contributed by atoms with van der Waals surface area (Å²) in [7, 11) is 0. The molecule has 1 aromatic heterocycles. The number of rotatable bonds is 2. The summed E-state index contributed by atoms with van der Waals surface area (Å²) >= 11 is 0. The van der Waals surface area contributed by atoms with Gasteiger partial charge in [0.2, 0.25) is 0 Å². The van der Waals surface area contributed by atoms with Gasteiger partial charge >= 0.3 is 0 Å². The van der Waals surface area contributed by atoms with Crippen molar-refractivity contribution in [2.45, 2.75) is 39.0 Å². The van der Waals surface area contributed by atoms with Crippen molar-refractivity contribution in [3.63, 3.8) is 0 Å². The Hall–Kier alpha value is -1.38. The monoisotopic (exact) mass is 217 g/mol. The highest BCUT2D eigenvalue weighted by Crippen LogP contribution is 2.25. The molecule has 1 fully saturated rings. The van der Waals surface area contributed by atoms with Crippen molar-refractivity contribution >= 4 is 11.5 Å². The molecule has 0 amide bonds. The Balaban J connectivity index is 2.13. The molecular formula is C13H19N3. The molecule has 86 valence electrons. The van der Waals surface area contributed by atoms with Crippen LogP contribution in [0.25, 0.3) is 0 Å². The van der Waals surface area contributed by atoms with Gasteiger partial charge in [-0.15, -0.1) is 0 Å². The Kier molecular flexibility index (Phi) is 3.54. The highest BCUT2D eigenvalue weighted by atomic mass is 14.9. The lowest BCUT2D eigenvalue weighted by atomic mass is 9.88. The molecule has 0 unspecified atom stereocenters. The normalized spacial score (nSPS) is 18.7. The average Bonchev–Trinajstić information content (AvgIpc) is 2.33. The van der Waals surface area contributed by atoms with E-state index in [1.807, 2.05) is 13.0 Å². The van der Waals surface area contributed by atoms with E-state index in [9.17, 15) is 0 Å². The van der Waals surface area contributed by atoms with Crippen LogP contribution in [0.4, 0.5) is 5.69 Å². The molecule has 0 saturated heterocycles. The molecule has 1 aliphatic rings. The molecule has 0 bridgehead atoms. The molecule has 1 saturated carbocycles. The topological polar surface area (TPSA) is 51.3 Å². The van der Waals surface area contributed by atoms with Crippen LogP contribution in [0.2, 0.25) is 0 Å². The molecule has 1 aliphatic carbocycles. The number of hydrogen-bond acceptors (Lipinski definition) is 2. The molecule has 0 aliphatic heterocycles. The molecule has 1 aromatic rings. The number of amidine groups is 1. The minimum atomic E-state index is 0.480. The first kappa shape index (κ1) is 11.1. The van der Waals surface area contributed by atoms with Crippen molar-refractivity contribution in [1.82, 2.24) is 4.98 Å². The second-order valence-electron chi connectivity index (χ2n) is 4.53. The molecule has 0 atom stereocenters. The molecule has 2 rings (SSSR count). The van der Waals surface area contributed by atoms with E-state index < -0.39 is 0 Å². The maximum absolute atomic E-state index is 6.07. The van der Waals surface area contributed by atoms with Gasteiger partial charge in [-0.3, -0.25) is 4.98 Å². The number of nitrogens with zero attached hydrogens (tertiary/aromatic N) is 2. The lowest BCUT2D eigenvalue weighted by Crippen LogP contribution is -2.25. The summed E-state index contributed by atoms with van der Waals surface area (Å²) < 4.78 is 0. The SMILES string of the molecule is Cc1ccncc1N=C(N)C1CCCCC1. The van der Waals surface area contributed by atoms with Crippen molar-refractivity contribution in [1.29, 1.82) is 0 Å². The molecule has 3 heteroatoms. The van der Waals surface area contributed by atoms with E-state index in [0.717, 1.165) is 17.1 Å². The van der Waals surface area contributed by atoms with Crippen LogP contribution in [0, 0.1) is 12.8 Å². The zero-order valence-electron chi connectivity index (χ0n) is 9.82. The first-order valence-corrected chi connectivity index (χ1v) is 6.02. The third-order valence-corrected chi connectivity index (χ3v) is 3.28. The fourth-order valence-electron chi connectivity index (χ4n) is 2.20. The fraction of sp³-hybridized carbons (Fsp3) is 0.538. The summed E-state index contributed by atoms with van der Waals surface area (Å²) in [5.41, 5.74) is 8.11. The van der Waals surface area contributed by atoms with Crippen LogP contribution in [-0.2, 0) is 0 Å². The predicted octanol–water partition coefficient (Wildman–Crippen LogP) is 2.96. The lowest BCUT2D eigenvalue weighted by Gasteiger charge is -2.20. The zero-order valence-corrected chi connectivity index (χ0v) is 9.82.